The Balaban J connectivity index is 1.41. The average Bonchev–Trinajstić information content (AvgIpc) is 3.44. The first-order valence-electron chi connectivity index (χ1n) is 9.87. The summed E-state index contributed by atoms with van der Waals surface area (Å²) in [5, 5.41) is 12.0. The first-order chi connectivity index (χ1) is 15.1. The molecular weight excluding hydrogens is 412 g/mol. The van der Waals surface area contributed by atoms with E-state index in [1.807, 2.05) is 73.0 Å². The number of hydrogen-bond donors (Lipinski definition) is 1. The molecule has 0 unspecified atom stereocenters. The molecule has 0 aliphatic rings. The monoisotopic (exact) mass is 434 g/mol. The van der Waals surface area contributed by atoms with E-state index in [0.29, 0.717) is 40.5 Å². The largest absolute Gasteiger partial charge is 0.461 e. The summed E-state index contributed by atoms with van der Waals surface area (Å²) in [6.07, 6.45) is 1.60. The van der Waals surface area contributed by atoms with Crippen molar-refractivity contribution < 1.29 is 13.9 Å². The van der Waals surface area contributed by atoms with Gasteiger partial charge < -0.3 is 14.5 Å². The Morgan fingerprint density at radius 3 is 2.65 bits per heavy atom. The molecule has 2 heterocycles. The van der Waals surface area contributed by atoms with Crippen molar-refractivity contribution in [3.05, 3.63) is 72.5 Å². The highest BCUT2D eigenvalue weighted by Gasteiger charge is 2.17. The van der Waals surface area contributed by atoms with Gasteiger partial charge in [0.2, 0.25) is 5.91 Å². The third kappa shape index (κ3) is 4.97. The third-order valence-corrected chi connectivity index (χ3v) is 5.48. The fourth-order valence-corrected chi connectivity index (χ4v) is 3.78. The summed E-state index contributed by atoms with van der Waals surface area (Å²) in [4.78, 5) is 12.6. The molecule has 1 N–H and O–H groups in total. The minimum absolute atomic E-state index is 0.157. The lowest BCUT2D eigenvalue weighted by Gasteiger charge is -2.12. The number of carbonyl (C=O) groups is 1. The van der Waals surface area contributed by atoms with Crippen molar-refractivity contribution in [3.8, 4) is 23.1 Å². The number of ether oxygens (including phenoxy) is 1. The minimum Gasteiger partial charge on any atom is -0.461 e. The van der Waals surface area contributed by atoms with Gasteiger partial charge in [0.05, 0.1) is 17.7 Å². The number of para-hydroxylation sites is 2. The zero-order valence-corrected chi connectivity index (χ0v) is 18.1. The summed E-state index contributed by atoms with van der Waals surface area (Å²) < 4.78 is 13.3. The molecule has 2 aromatic heterocycles. The molecule has 0 spiro atoms. The van der Waals surface area contributed by atoms with Crippen molar-refractivity contribution in [1.82, 2.24) is 14.8 Å². The second kappa shape index (κ2) is 9.53. The van der Waals surface area contributed by atoms with Crippen LogP contribution in [0.5, 0.6) is 11.5 Å². The van der Waals surface area contributed by atoms with Gasteiger partial charge in [-0.05, 0) is 50.2 Å². The molecule has 7 nitrogen and oxygen atoms in total. The van der Waals surface area contributed by atoms with Crippen molar-refractivity contribution in [2.45, 2.75) is 25.5 Å². The minimum atomic E-state index is -0.157. The Bertz CT molecular complexity index is 1150. The fraction of sp³-hybridized carbons (Fsp3) is 0.174. The summed E-state index contributed by atoms with van der Waals surface area (Å²) >= 11 is 1.32. The van der Waals surface area contributed by atoms with Gasteiger partial charge in [0, 0.05) is 6.54 Å². The molecule has 158 valence electrons. The highest BCUT2D eigenvalue weighted by molar-refractivity contribution is 7.99. The first-order valence-corrected chi connectivity index (χ1v) is 10.9. The van der Waals surface area contributed by atoms with Crippen LogP contribution in [0.2, 0.25) is 0 Å². The molecule has 0 bridgehead atoms. The topological polar surface area (TPSA) is 82.2 Å². The average molecular weight is 435 g/mol. The van der Waals surface area contributed by atoms with E-state index in [9.17, 15) is 4.79 Å². The molecule has 0 saturated heterocycles. The van der Waals surface area contributed by atoms with E-state index in [1.165, 1.54) is 11.8 Å². The van der Waals surface area contributed by atoms with Crippen LogP contribution in [-0.4, -0.2) is 26.4 Å². The predicted octanol–water partition coefficient (Wildman–Crippen LogP) is 5.39. The number of carbonyl (C=O) groups excluding carboxylic acids is 1. The van der Waals surface area contributed by atoms with Gasteiger partial charge in [-0.15, -0.1) is 10.2 Å². The number of hydrogen-bond acceptors (Lipinski definition) is 6. The van der Waals surface area contributed by atoms with Crippen LogP contribution < -0.4 is 10.1 Å². The fourth-order valence-electron chi connectivity index (χ4n) is 2.98. The number of nitrogens with one attached hydrogen (secondary N) is 1. The molecule has 0 radical (unpaired) electrons. The molecule has 4 rings (SSSR count). The van der Waals surface area contributed by atoms with Crippen molar-refractivity contribution in [1.29, 1.82) is 0 Å². The Kier molecular flexibility index (Phi) is 6.37. The lowest BCUT2D eigenvalue weighted by Crippen LogP contribution is -2.15. The van der Waals surface area contributed by atoms with Crippen LogP contribution in [0.1, 0.15) is 12.5 Å². The lowest BCUT2D eigenvalue weighted by atomic mass is 10.2. The Hall–Kier alpha value is -3.52. The number of thioether (sulfide) groups is 1. The molecule has 0 atom stereocenters. The van der Waals surface area contributed by atoms with Crippen LogP contribution in [0.25, 0.3) is 11.6 Å². The van der Waals surface area contributed by atoms with Gasteiger partial charge in [-0.1, -0.05) is 41.6 Å². The zero-order valence-electron chi connectivity index (χ0n) is 17.2. The number of benzene rings is 2. The molecule has 8 heteroatoms. The van der Waals surface area contributed by atoms with E-state index in [4.69, 9.17) is 9.15 Å². The SMILES string of the molecule is CCn1c(SCC(=O)Nc2ccccc2Oc2ccc(C)cc2)nnc1-c1ccco1. The van der Waals surface area contributed by atoms with Crippen molar-refractivity contribution in [3.63, 3.8) is 0 Å². The summed E-state index contributed by atoms with van der Waals surface area (Å²) in [5.74, 6) is 2.62. The van der Waals surface area contributed by atoms with E-state index in [1.54, 1.807) is 12.3 Å². The molecule has 2 aromatic carbocycles. The van der Waals surface area contributed by atoms with Gasteiger partial charge in [-0.3, -0.25) is 9.36 Å². The Morgan fingerprint density at radius 1 is 1.10 bits per heavy atom. The van der Waals surface area contributed by atoms with E-state index in [0.717, 1.165) is 5.56 Å². The van der Waals surface area contributed by atoms with Gasteiger partial charge in [0.15, 0.2) is 22.5 Å². The first kappa shape index (κ1) is 20.7. The summed E-state index contributed by atoms with van der Waals surface area (Å²) in [6.45, 7) is 4.69. The van der Waals surface area contributed by atoms with E-state index in [2.05, 4.69) is 15.5 Å². The molecular formula is C23H22N4O3S. The van der Waals surface area contributed by atoms with Gasteiger partial charge in [-0.25, -0.2) is 0 Å². The zero-order chi connectivity index (χ0) is 21.6. The van der Waals surface area contributed by atoms with Crippen molar-refractivity contribution in [2.75, 3.05) is 11.1 Å². The molecule has 31 heavy (non-hydrogen) atoms. The number of furan rings is 1. The van der Waals surface area contributed by atoms with Gasteiger partial charge in [0.25, 0.3) is 0 Å². The highest BCUT2D eigenvalue weighted by atomic mass is 32.2. The number of anilines is 1. The number of rotatable bonds is 8. The maximum atomic E-state index is 12.6. The molecule has 1 amide bonds. The van der Waals surface area contributed by atoms with Crippen LogP contribution >= 0.6 is 11.8 Å². The quantitative estimate of drug-likeness (QED) is 0.375. The normalized spacial score (nSPS) is 10.8. The molecule has 0 saturated carbocycles. The van der Waals surface area contributed by atoms with Gasteiger partial charge in [-0.2, -0.15) is 0 Å². The van der Waals surface area contributed by atoms with Crippen LogP contribution in [0.4, 0.5) is 5.69 Å². The van der Waals surface area contributed by atoms with Crippen LogP contribution in [0.15, 0.2) is 76.5 Å². The van der Waals surface area contributed by atoms with Crippen LogP contribution in [0, 0.1) is 6.92 Å². The second-order valence-electron chi connectivity index (χ2n) is 6.78. The van der Waals surface area contributed by atoms with Crippen molar-refractivity contribution >= 4 is 23.4 Å². The van der Waals surface area contributed by atoms with E-state index >= 15 is 0 Å². The van der Waals surface area contributed by atoms with Gasteiger partial charge >= 0.3 is 0 Å². The smallest absolute Gasteiger partial charge is 0.234 e. The highest BCUT2D eigenvalue weighted by Crippen LogP contribution is 2.30. The second-order valence-corrected chi connectivity index (χ2v) is 7.72. The summed E-state index contributed by atoms with van der Waals surface area (Å²) in [6, 6.07) is 18.8. The molecule has 0 aliphatic heterocycles. The van der Waals surface area contributed by atoms with Crippen LogP contribution in [-0.2, 0) is 11.3 Å². The van der Waals surface area contributed by atoms with E-state index < -0.39 is 0 Å². The number of amides is 1. The predicted molar refractivity (Wildman–Crippen MR) is 120 cm³/mol. The van der Waals surface area contributed by atoms with Crippen molar-refractivity contribution in [2.24, 2.45) is 0 Å². The standard InChI is InChI=1S/C23H22N4O3S/c1-3-27-22(20-9-6-14-29-20)25-26-23(27)31-15-21(28)24-18-7-4-5-8-19(18)30-17-12-10-16(2)11-13-17/h4-14H,3,15H2,1-2H3,(H,24,28). The molecule has 0 aliphatic carbocycles. The summed E-state index contributed by atoms with van der Waals surface area (Å²) in [7, 11) is 0. The number of aromatic nitrogens is 3. The Labute approximate surface area is 184 Å². The van der Waals surface area contributed by atoms with Crippen LogP contribution in [0.3, 0.4) is 0 Å². The number of nitrogens with zero attached hydrogens (tertiary/aromatic N) is 3. The maximum Gasteiger partial charge on any atom is 0.234 e. The van der Waals surface area contributed by atoms with Gasteiger partial charge in [0.1, 0.15) is 5.75 Å². The lowest BCUT2D eigenvalue weighted by molar-refractivity contribution is -0.113. The molecule has 4 aromatic rings. The van der Waals surface area contributed by atoms with E-state index in [-0.39, 0.29) is 11.7 Å². The third-order valence-electron chi connectivity index (χ3n) is 4.52. The summed E-state index contributed by atoms with van der Waals surface area (Å²) in [5.41, 5.74) is 1.77. The molecule has 0 fully saturated rings. The Morgan fingerprint density at radius 2 is 1.90 bits per heavy atom. The number of aryl methyl sites for hydroxylation is 1. The maximum absolute atomic E-state index is 12.6.